The summed E-state index contributed by atoms with van der Waals surface area (Å²) < 4.78 is 44.0. The van der Waals surface area contributed by atoms with Gasteiger partial charge >= 0.3 is 6.18 Å². The molecule has 1 aromatic heterocycles. The van der Waals surface area contributed by atoms with Gasteiger partial charge in [0.25, 0.3) is 0 Å². The number of amides is 2. The first-order valence-electron chi connectivity index (χ1n) is 7.63. The minimum absolute atomic E-state index is 0.100. The van der Waals surface area contributed by atoms with Crippen LogP contribution in [0.1, 0.15) is 12.5 Å². The Hall–Kier alpha value is -2.58. The Balaban J connectivity index is 1.90. The van der Waals surface area contributed by atoms with E-state index in [9.17, 15) is 22.8 Å². The van der Waals surface area contributed by atoms with Crippen LogP contribution in [0.5, 0.6) is 5.75 Å². The lowest BCUT2D eigenvalue weighted by molar-refractivity contribution is -0.147. The van der Waals surface area contributed by atoms with Gasteiger partial charge in [0.1, 0.15) is 17.4 Å². The molecule has 2 heterocycles. The number of likely N-dealkylation sites (N-methyl/N-ethyl adjacent to an activating group) is 1. The first-order valence-corrected chi connectivity index (χ1v) is 7.63. The molecule has 25 heavy (non-hydrogen) atoms. The minimum Gasteiger partial charge on any atom is -0.486 e. The summed E-state index contributed by atoms with van der Waals surface area (Å²) in [6.07, 6.45) is -2.04. The number of nitrogens with zero attached hydrogens (tertiary/aromatic N) is 3. The zero-order valence-electron chi connectivity index (χ0n) is 13.6. The summed E-state index contributed by atoms with van der Waals surface area (Å²) in [7, 11) is 0. The summed E-state index contributed by atoms with van der Waals surface area (Å²) in [6, 6.07) is 1.15. The van der Waals surface area contributed by atoms with Crippen molar-refractivity contribution in [3.05, 3.63) is 36.7 Å². The maximum atomic E-state index is 12.9. The lowest BCUT2D eigenvalue weighted by Gasteiger charge is -2.40. The highest BCUT2D eigenvalue weighted by atomic mass is 19.4. The molecule has 0 N–H and O–H groups in total. The third kappa shape index (κ3) is 4.49. The van der Waals surface area contributed by atoms with Crippen molar-refractivity contribution in [2.24, 2.45) is 0 Å². The summed E-state index contributed by atoms with van der Waals surface area (Å²) in [5, 5.41) is 0. The molecular weight excluding hydrogens is 339 g/mol. The Morgan fingerprint density at radius 3 is 2.72 bits per heavy atom. The number of pyridine rings is 1. The molecule has 2 amide bonds. The number of hydrogen-bond donors (Lipinski definition) is 0. The average molecular weight is 357 g/mol. The zero-order valence-corrected chi connectivity index (χ0v) is 13.6. The number of hydrogen-bond acceptors (Lipinski definition) is 4. The first-order chi connectivity index (χ1) is 11.8. The molecule has 1 saturated heterocycles. The average Bonchev–Trinajstić information content (AvgIpc) is 2.54. The second-order valence-corrected chi connectivity index (χ2v) is 5.46. The smallest absolute Gasteiger partial charge is 0.421 e. The molecule has 0 aromatic carbocycles. The van der Waals surface area contributed by atoms with Gasteiger partial charge in [0.2, 0.25) is 11.8 Å². The number of likely N-dealkylation sites (tertiary alicyclic amines) is 1. The molecular formula is C16H18F3N3O3. The van der Waals surface area contributed by atoms with Gasteiger partial charge in [0.05, 0.1) is 19.6 Å². The number of alkyl halides is 3. The number of carbonyl (C=O) groups is 2. The molecule has 0 bridgehead atoms. The third-order valence-electron chi connectivity index (χ3n) is 3.77. The fourth-order valence-corrected chi connectivity index (χ4v) is 2.33. The summed E-state index contributed by atoms with van der Waals surface area (Å²) in [5.41, 5.74) is -0.950. The highest BCUT2D eigenvalue weighted by Gasteiger charge is 2.38. The molecule has 0 spiro atoms. The lowest BCUT2D eigenvalue weighted by Crippen LogP contribution is -2.58. The van der Waals surface area contributed by atoms with Crippen LogP contribution in [0.3, 0.4) is 0 Å². The van der Waals surface area contributed by atoms with Crippen LogP contribution < -0.4 is 4.74 Å². The molecule has 0 atom stereocenters. The molecule has 6 nitrogen and oxygen atoms in total. The molecule has 1 aliphatic rings. The topological polar surface area (TPSA) is 62.7 Å². The van der Waals surface area contributed by atoms with Gasteiger partial charge in [0.15, 0.2) is 0 Å². The maximum absolute atomic E-state index is 12.9. The second kappa shape index (κ2) is 7.54. The molecule has 136 valence electrons. The maximum Gasteiger partial charge on any atom is 0.421 e. The van der Waals surface area contributed by atoms with Gasteiger partial charge in [-0.2, -0.15) is 13.2 Å². The van der Waals surface area contributed by atoms with Crippen molar-refractivity contribution in [2.75, 3.05) is 26.2 Å². The van der Waals surface area contributed by atoms with Gasteiger partial charge in [0, 0.05) is 18.9 Å². The van der Waals surface area contributed by atoms with Gasteiger partial charge in [-0.1, -0.05) is 6.58 Å². The molecule has 0 radical (unpaired) electrons. The molecule has 0 unspecified atom stereocenters. The highest BCUT2D eigenvalue weighted by Crippen LogP contribution is 2.36. The quantitative estimate of drug-likeness (QED) is 0.728. The fraction of sp³-hybridized carbons (Fsp3) is 0.438. The standard InChI is InChI=1S/C16H18F3N3O3/c1-3-14(23)21(4-2)10-15(24)22-8-11(9-22)25-13-5-6-20-7-12(13)16(17,18)19/h3,5-7,11H,1,4,8-10H2,2H3. The van der Waals surface area contributed by atoms with Crippen LogP contribution in [-0.2, 0) is 15.8 Å². The van der Waals surface area contributed by atoms with Crippen LogP contribution in [0, 0.1) is 0 Å². The predicted octanol–water partition coefficient (Wildman–Crippen LogP) is 1.72. The van der Waals surface area contributed by atoms with E-state index in [1.807, 2.05) is 0 Å². The third-order valence-corrected chi connectivity index (χ3v) is 3.77. The second-order valence-electron chi connectivity index (χ2n) is 5.46. The Bertz CT molecular complexity index is 658. The molecule has 1 fully saturated rings. The summed E-state index contributed by atoms with van der Waals surface area (Å²) in [4.78, 5) is 29.9. The van der Waals surface area contributed by atoms with E-state index >= 15 is 0 Å². The summed E-state index contributed by atoms with van der Waals surface area (Å²) >= 11 is 0. The SMILES string of the molecule is C=CC(=O)N(CC)CC(=O)N1CC(Oc2ccncc2C(F)(F)F)C1. The van der Waals surface area contributed by atoms with Gasteiger partial charge in [-0.05, 0) is 19.1 Å². The van der Waals surface area contributed by atoms with Crippen LogP contribution >= 0.6 is 0 Å². The van der Waals surface area contributed by atoms with E-state index in [2.05, 4.69) is 11.6 Å². The Morgan fingerprint density at radius 1 is 1.48 bits per heavy atom. The van der Waals surface area contributed by atoms with Crippen LogP contribution in [0.25, 0.3) is 0 Å². The largest absolute Gasteiger partial charge is 0.486 e. The van der Waals surface area contributed by atoms with Gasteiger partial charge in [-0.25, -0.2) is 0 Å². The molecule has 1 aromatic rings. The van der Waals surface area contributed by atoms with Gasteiger partial charge in [-0.3, -0.25) is 14.6 Å². The molecule has 2 rings (SSSR count). The normalized spacial score (nSPS) is 14.6. The van der Waals surface area contributed by atoms with E-state index in [-0.39, 0.29) is 37.2 Å². The lowest BCUT2D eigenvalue weighted by atomic mass is 10.1. The van der Waals surface area contributed by atoms with E-state index in [1.54, 1.807) is 6.92 Å². The van der Waals surface area contributed by atoms with Crippen molar-refractivity contribution in [3.63, 3.8) is 0 Å². The van der Waals surface area contributed by atoms with Crippen LogP contribution in [0.4, 0.5) is 13.2 Å². The Kier molecular flexibility index (Phi) is 5.66. The Morgan fingerprint density at radius 2 is 2.16 bits per heavy atom. The van der Waals surface area contributed by atoms with Crippen molar-refractivity contribution >= 4 is 11.8 Å². The van der Waals surface area contributed by atoms with Crippen molar-refractivity contribution < 1.29 is 27.5 Å². The number of halogens is 3. The predicted molar refractivity (Wildman–Crippen MR) is 82.7 cm³/mol. The van der Waals surface area contributed by atoms with Crippen molar-refractivity contribution in [3.8, 4) is 5.75 Å². The number of ether oxygens (including phenoxy) is 1. The monoisotopic (exact) mass is 357 g/mol. The fourth-order valence-electron chi connectivity index (χ4n) is 2.33. The van der Waals surface area contributed by atoms with Crippen molar-refractivity contribution in [2.45, 2.75) is 19.2 Å². The van der Waals surface area contributed by atoms with Gasteiger partial charge in [-0.15, -0.1) is 0 Å². The van der Waals surface area contributed by atoms with Crippen LogP contribution in [0.2, 0.25) is 0 Å². The Labute approximate surface area is 142 Å². The summed E-state index contributed by atoms with van der Waals surface area (Å²) in [6.45, 7) is 5.69. The van der Waals surface area contributed by atoms with E-state index in [4.69, 9.17) is 4.74 Å². The van der Waals surface area contributed by atoms with Gasteiger partial charge < -0.3 is 14.5 Å². The van der Waals surface area contributed by atoms with Crippen molar-refractivity contribution in [1.29, 1.82) is 0 Å². The number of aromatic nitrogens is 1. The van der Waals surface area contributed by atoms with E-state index in [0.29, 0.717) is 12.7 Å². The molecule has 0 aliphatic carbocycles. The molecule has 0 saturated carbocycles. The highest BCUT2D eigenvalue weighted by molar-refractivity contribution is 5.91. The van der Waals surface area contributed by atoms with E-state index < -0.39 is 17.8 Å². The van der Waals surface area contributed by atoms with Crippen molar-refractivity contribution in [1.82, 2.24) is 14.8 Å². The van der Waals surface area contributed by atoms with E-state index in [0.717, 1.165) is 12.1 Å². The number of carbonyl (C=O) groups excluding carboxylic acids is 2. The summed E-state index contributed by atoms with van der Waals surface area (Å²) in [5.74, 6) is -0.949. The minimum atomic E-state index is -4.56. The molecule has 1 aliphatic heterocycles. The van der Waals surface area contributed by atoms with E-state index in [1.165, 1.54) is 16.0 Å². The van der Waals surface area contributed by atoms with Crippen LogP contribution in [0.15, 0.2) is 31.1 Å². The molecule has 9 heteroatoms. The first kappa shape index (κ1) is 18.8. The number of rotatable bonds is 6. The zero-order chi connectivity index (χ0) is 18.6. The van der Waals surface area contributed by atoms with Crippen LogP contribution in [-0.4, -0.2) is 58.9 Å².